The van der Waals surface area contributed by atoms with Crippen molar-refractivity contribution in [3.05, 3.63) is 63.7 Å². The molecule has 26 heavy (non-hydrogen) atoms. The summed E-state index contributed by atoms with van der Waals surface area (Å²) in [6.07, 6.45) is 0. The molecule has 0 spiro atoms. The molecule has 6 nitrogen and oxygen atoms in total. The van der Waals surface area contributed by atoms with E-state index in [0.717, 1.165) is 22.3 Å². The first-order valence-electron chi connectivity index (χ1n) is 7.93. The fraction of sp³-hybridized carbons (Fsp3) is 0.263. The normalized spacial score (nSPS) is 11.3. The smallest absolute Gasteiger partial charge is 0.338 e. The fourth-order valence-corrected chi connectivity index (χ4v) is 3.09. The van der Waals surface area contributed by atoms with Gasteiger partial charge in [-0.15, -0.1) is 0 Å². The maximum Gasteiger partial charge on any atom is 0.338 e. The van der Waals surface area contributed by atoms with E-state index in [9.17, 15) is 18.0 Å². The van der Waals surface area contributed by atoms with E-state index in [4.69, 9.17) is 9.88 Å². The van der Waals surface area contributed by atoms with Crippen LogP contribution in [0.3, 0.4) is 0 Å². The summed E-state index contributed by atoms with van der Waals surface area (Å²) in [6.45, 7) is 7.35. The van der Waals surface area contributed by atoms with Crippen LogP contribution in [0.5, 0.6) is 0 Å². The fourth-order valence-electron chi connectivity index (χ4n) is 2.57. The maximum absolute atomic E-state index is 12.4. The van der Waals surface area contributed by atoms with Crippen molar-refractivity contribution in [2.24, 2.45) is 5.14 Å². The van der Waals surface area contributed by atoms with Crippen molar-refractivity contribution in [1.29, 1.82) is 0 Å². The second-order valence-corrected chi connectivity index (χ2v) is 7.75. The molecular formula is C19H21NO5S. The van der Waals surface area contributed by atoms with Gasteiger partial charge in [-0.2, -0.15) is 0 Å². The van der Waals surface area contributed by atoms with Crippen LogP contribution in [-0.4, -0.2) is 26.8 Å². The number of benzene rings is 2. The Bertz CT molecular complexity index is 976. The van der Waals surface area contributed by atoms with E-state index in [1.807, 2.05) is 27.7 Å². The topological polar surface area (TPSA) is 104 Å². The van der Waals surface area contributed by atoms with Gasteiger partial charge >= 0.3 is 5.97 Å². The first-order valence-corrected chi connectivity index (χ1v) is 9.47. The first kappa shape index (κ1) is 19.8. The van der Waals surface area contributed by atoms with Gasteiger partial charge in [-0.05, 0) is 80.3 Å². The lowest BCUT2D eigenvalue weighted by Crippen LogP contribution is -2.16. The van der Waals surface area contributed by atoms with Gasteiger partial charge in [0.15, 0.2) is 6.61 Å². The number of ether oxygens (including phenoxy) is 1. The molecule has 0 aromatic heterocycles. The highest BCUT2D eigenvalue weighted by molar-refractivity contribution is 7.89. The van der Waals surface area contributed by atoms with E-state index in [1.54, 1.807) is 6.07 Å². The summed E-state index contributed by atoms with van der Waals surface area (Å²) >= 11 is 0. The molecule has 2 aromatic carbocycles. The molecule has 0 fully saturated rings. The third-order valence-corrected chi connectivity index (χ3v) is 5.46. The van der Waals surface area contributed by atoms with E-state index in [-0.39, 0.29) is 16.2 Å². The van der Waals surface area contributed by atoms with Gasteiger partial charge in [-0.3, -0.25) is 4.79 Å². The van der Waals surface area contributed by atoms with E-state index in [2.05, 4.69) is 0 Å². The lowest BCUT2D eigenvalue weighted by Gasteiger charge is -2.13. The molecule has 0 aliphatic heterocycles. The van der Waals surface area contributed by atoms with Crippen LogP contribution in [0.15, 0.2) is 35.2 Å². The molecule has 0 atom stereocenters. The third-order valence-electron chi connectivity index (χ3n) is 4.53. The van der Waals surface area contributed by atoms with Gasteiger partial charge in [0.05, 0.1) is 10.5 Å². The van der Waals surface area contributed by atoms with Crippen LogP contribution in [-0.2, 0) is 14.8 Å². The van der Waals surface area contributed by atoms with Crippen molar-refractivity contribution in [3.8, 4) is 0 Å². The SMILES string of the molecule is Cc1cc(C(=O)COC(=O)c2ccc(S(N)(=O)=O)cc2)c(C)c(C)c1C. The summed E-state index contributed by atoms with van der Waals surface area (Å²) < 4.78 is 27.5. The molecule has 2 N–H and O–H groups in total. The molecule has 0 bridgehead atoms. The van der Waals surface area contributed by atoms with Crippen molar-refractivity contribution in [1.82, 2.24) is 0 Å². The molecule has 0 radical (unpaired) electrons. The summed E-state index contributed by atoms with van der Waals surface area (Å²) in [7, 11) is -3.83. The Balaban J connectivity index is 2.11. The number of primary sulfonamides is 1. The highest BCUT2D eigenvalue weighted by Crippen LogP contribution is 2.21. The van der Waals surface area contributed by atoms with Crippen LogP contribution in [0.4, 0.5) is 0 Å². The zero-order chi connectivity index (χ0) is 19.6. The molecule has 0 saturated carbocycles. The zero-order valence-corrected chi connectivity index (χ0v) is 15.9. The number of Topliss-reactive ketones (excluding diaryl/α,β-unsaturated/α-hetero) is 1. The van der Waals surface area contributed by atoms with Crippen LogP contribution < -0.4 is 5.14 Å². The second kappa shape index (κ2) is 7.39. The molecule has 7 heteroatoms. The number of nitrogens with two attached hydrogens (primary N) is 1. The number of aryl methyl sites for hydroxylation is 1. The molecule has 2 aromatic rings. The van der Waals surface area contributed by atoms with Crippen molar-refractivity contribution < 1.29 is 22.7 Å². The summed E-state index contributed by atoms with van der Waals surface area (Å²) in [5, 5.41) is 5.01. The predicted molar refractivity (Wildman–Crippen MR) is 97.8 cm³/mol. The minimum Gasteiger partial charge on any atom is -0.454 e. The minimum atomic E-state index is -3.83. The number of hydrogen-bond acceptors (Lipinski definition) is 5. The van der Waals surface area contributed by atoms with E-state index >= 15 is 0 Å². The van der Waals surface area contributed by atoms with Crippen LogP contribution in [0, 0.1) is 27.7 Å². The molecule has 138 valence electrons. The number of carbonyl (C=O) groups excluding carboxylic acids is 2. The molecule has 0 amide bonds. The zero-order valence-electron chi connectivity index (χ0n) is 15.1. The van der Waals surface area contributed by atoms with Gasteiger partial charge in [0.1, 0.15) is 0 Å². The van der Waals surface area contributed by atoms with Crippen molar-refractivity contribution in [2.75, 3.05) is 6.61 Å². The first-order chi connectivity index (χ1) is 12.0. The highest BCUT2D eigenvalue weighted by atomic mass is 32.2. The van der Waals surface area contributed by atoms with E-state index in [1.165, 1.54) is 24.3 Å². The number of sulfonamides is 1. The van der Waals surface area contributed by atoms with Crippen molar-refractivity contribution in [2.45, 2.75) is 32.6 Å². The van der Waals surface area contributed by atoms with Gasteiger partial charge < -0.3 is 4.74 Å². The van der Waals surface area contributed by atoms with Crippen LogP contribution in [0.2, 0.25) is 0 Å². The Morgan fingerprint density at radius 2 is 1.54 bits per heavy atom. The molecule has 0 aliphatic rings. The number of ketones is 1. The standard InChI is InChI=1S/C19H21NO5S/c1-11-9-17(14(4)13(3)12(11)2)18(21)10-25-19(22)15-5-7-16(8-6-15)26(20,23)24/h5-9H,10H2,1-4H3,(H2,20,23,24). The second-order valence-electron chi connectivity index (χ2n) is 6.18. The quantitative estimate of drug-likeness (QED) is 0.639. The van der Waals surface area contributed by atoms with Gasteiger partial charge in [-0.1, -0.05) is 0 Å². The Kier molecular flexibility index (Phi) is 5.63. The third kappa shape index (κ3) is 4.17. The summed E-state index contributed by atoms with van der Waals surface area (Å²) in [4.78, 5) is 24.4. The Morgan fingerprint density at radius 1 is 0.962 bits per heavy atom. The van der Waals surface area contributed by atoms with Crippen LogP contribution in [0.1, 0.15) is 43.0 Å². The minimum absolute atomic E-state index is 0.105. The Hall–Kier alpha value is -2.51. The predicted octanol–water partition coefficient (Wildman–Crippen LogP) is 2.61. The lowest BCUT2D eigenvalue weighted by molar-refractivity contribution is 0.0474. The van der Waals surface area contributed by atoms with Crippen molar-refractivity contribution in [3.63, 3.8) is 0 Å². The number of esters is 1. The van der Waals surface area contributed by atoms with Crippen LogP contribution in [0.25, 0.3) is 0 Å². The average Bonchev–Trinajstić information content (AvgIpc) is 2.60. The van der Waals surface area contributed by atoms with E-state index < -0.39 is 22.6 Å². The van der Waals surface area contributed by atoms with Crippen molar-refractivity contribution >= 4 is 21.8 Å². The van der Waals surface area contributed by atoms with E-state index in [0.29, 0.717) is 5.56 Å². The van der Waals surface area contributed by atoms with Gasteiger partial charge in [-0.25, -0.2) is 18.4 Å². The number of carbonyl (C=O) groups is 2. The maximum atomic E-state index is 12.4. The molecule has 0 unspecified atom stereocenters. The largest absolute Gasteiger partial charge is 0.454 e. The summed E-state index contributed by atoms with van der Waals surface area (Å²) in [5.41, 5.74) is 4.71. The average molecular weight is 375 g/mol. The van der Waals surface area contributed by atoms with Gasteiger partial charge in [0.2, 0.25) is 15.8 Å². The van der Waals surface area contributed by atoms with Crippen LogP contribution >= 0.6 is 0 Å². The Labute approximate surface area is 153 Å². The summed E-state index contributed by atoms with van der Waals surface area (Å²) in [6, 6.07) is 6.81. The van der Waals surface area contributed by atoms with Gasteiger partial charge in [0.25, 0.3) is 0 Å². The highest BCUT2D eigenvalue weighted by Gasteiger charge is 2.17. The molecule has 2 rings (SSSR count). The lowest BCUT2D eigenvalue weighted by atomic mass is 9.93. The summed E-state index contributed by atoms with van der Waals surface area (Å²) in [5.74, 6) is -0.999. The van der Waals surface area contributed by atoms with Gasteiger partial charge in [0, 0.05) is 5.56 Å². The monoisotopic (exact) mass is 375 g/mol. The molecule has 0 heterocycles. The molecule has 0 saturated heterocycles. The Morgan fingerprint density at radius 3 is 2.08 bits per heavy atom. The molecular weight excluding hydrogens is 354 g/mol. The number of hydrogen-bond donors (Lipinski definition) is 1. The number of rotatable bonds is 5. The molecule has 0 aliphatic carbocycles.